The van der Waals surface area contributed by atoms with Gasteiger partial charge in [-0.1, -0.05) is 0 Å². The molecule has 0 aromatic carbocycles. The minimum atomic E-state index is -0.160. The molecule has 8 heteroatoms. The summed E-state index contributed by atoms with van der Waals surface area (Å²) in [6.07, 6.45) is 2.97. The van der Waals surface area contributed by atoms with Gasteiger partial charge >= 0.3 is 0 Å². The van der Waals surface area contributed by atoms with Gasteiger partial charge in [-0.05, 0) is 6.07 Å². The fourth-order valence-electron chi connectivity index (χ4n) is 3.03. The molecule has 2 fully saturated rings. The van der Waals surface area contributed by atoms with E-state index in [0.717, 1.165) is 0 Å². The number of amides is 3. The van der Waals surface area contributed by atoms with E-state index in [2.05, 4.69) is 4.98 Å². The smallest absolute Gasteiger partial charge is 0.255 e. The van der Waals surface area contributed by atoms with Gasteiger partial charge in [-0.25, -0.2) is 0 Å². The van der Waals surface area contributed by atoms with Gasteiger partial charge in [-0.15, -0.1) is 0 Å². The number of rotatable bonds is 2. The van der Waals surface area contributed by atoms with Crippen molar-refractivity contribution in [3.05, 3.63) is 29.6 Å². The van der Waals surface area contributed by atoms with E-state index in [1.807, 2.05) is 0 Å². The minimum absolute atomic E-state index is 0.0203. The molecule has 25 heavy (non-hydrogen) atoms. The van der Waals surface area contributed by atoms with Crippen LogP contribution >= 0.6 is 0 Å². The molecule has 1 aromatic rings. The number of hydrogen-bond donors (Lipinski definition) is 0. The van der Waals surface area contributed by atoms with Crippen molar-refractivity contribution in [1.82, 2.24) is 19.7 Å². The highest BCUT2D eigenvalue weighted by Crippen LogP contribution is 2.12. The van der Waals surface area contributed by atoms with E-state index in [-0.39, 0.29) is 17.7 Å². The molecule has 0 aliphatic carbocycles. The predicted octanol–water partition coefficient (Wildman–Crippen LogP) is -0.142. The summed E-state index contributed by atoms with van der Waals surface area (Å²) in [6, 6.07) is 1.60. The van der Waals surface area contributed by atoms with E-state index >= 15 is 0 Å². The second kappa shape index (κ2) is 7.60. The third-order valence-electron chi connectivity index (χ3n) is 4.54. The number of ether oxygens (including phenoxy) is 1. The van der Waals surface area contributed by atoms with E-state index in [9.17, 15) is 14.4 Å². The maximum atomic E-state index is 12.7. The molecular weight excluding hydrogens is 324 g/mol. The highest BCUT2D eigenvalue weighted by Gasteiger charge is 2.25. The lowest BCUT2D eigenvalue weighted by atomic mass is 10.1. The van der Waals surface area contributed by atoms with Gasteiger partial charge in [-0.2, -0.15) is 0 Å². The summed E-state index contributed by atoms with van der Waals surface area (Å²) in [5.74, 6) is -0.272. The Kier molecular flexibility index (Phi) is 5.28. The maximum Gasteiger partial charge on any atom is 0.255 e. The zero-order valence-corrected chi connectivity index (χ0v) is 14.3. The summed E-state index contributed by atoms with van der Waals surface area (Å²) in [5.41, 5.74) is 0.811. The lowest BCUT2D eigenvalue weighted by molar-refractivity contribution is -0.130. The summed E-state index contributed by atoms with van der Waals surface area (Å²) in [7, 11) is 0. The summed E-state index contributed by atoms with van der Waals surface area (Å²) >= 11 is 0. The molecule has 134 valence electrons. The Hall–Kier alpha value is -2.48. The van der Waals surface area contributed by atoms with E-state index in [1.165, 1.54) is 19.3 Å². The number of aromatic nitrogens is 1. The van der Waals surface area contributed by atoms with Crippen molar-refractivity contribution in [2.45, 2.75) is 6.92 Å². The first-order valence-corrected chi connectivity index (χ1v) is 8.43. The zero-order valence-electron chi connectivity index (χ0n) is 14.3. The fraction of sp³-hybridized carbons (Fsp3) is 0.529. The molecule has 2 aliphatic heterocycles. The van der Waals surface area contributed by atoms with Crippen LogP contribution in [-0.4, -0.2) is 89.9 Å². The number of morpholine rings is 1. The molecule has 2 aliphatic rings. The van der Waals surface area contributed by atoms with Crippen LogP contribution in [0.15, 0.2) is 18.5 Å². The number of carbonyl (C=O) groups is 3. The van der Waals surface area contributed by atoms with Crippen molar-refractivity contribution >= 4 is 17.7 Å². The Bertz CT molecular complexity index is 664. The van der Waals surface area contributed by atoms with Gasteiger partial charge in [-0.3, -0.25) is 19.4 Å². The number of piperazine rings is 1. The average molecular weight is 346 g/mol. The van der Waals surface area contributed by atoms with E-state index in [1.54, 1.807) is 20.8 Å². The minimum Gasteiger partial charge on any atom is -0.378 e. The summed E-state index contributed by atoms with van der Waals surface area (Å²) in [4.78, 5) is 45.8. The van der Waals surface area contributed by atoms with E-state index in [0.29, 0.717) is 63.6 Å². The largest absolute Gasteiger partial charge is 0.378 e. The summed E-state index contributed by atoms with van der Waals surface area (Å²) in [6.45, 7) is 5.70. The SMILES string of the molecule is CC(=O)N1CCN(C(=O)c2cncc(C(=O)N3CCOCC3)c2)CC1. The topological polar surface area (TPSA) is 83.1 Å². The van der Waals surface area contributed by atoms with Crippen LogP contribution in [0.5, 0.6) is 0 Å². The van der Waals surface area contributed by atoms with Crippen molar-refractivity contribution in [2.24, 2.45) is 0 Å². The quantitative estimate of drug-likeness (QED) is 0.744. The van der Waals surface area contributed by atoms with Crippen molar-refractivity contribution in [2.75, 3.05) is 52.5 Å². The first-order chi connectivity index (χ1) is 12.1. The Balaban J connectivity index is 1.67. The average Bonchev–Trinajstić information content (AvgIpc) is 2.67. The molecule has 2 saturated heterocycles. The second-order valence-corrected chi connectivity index (χ2v) is 6.17. The van der Waals surface area contributed by atoms with Gasteiger partial charge in [0, 0.05) is 58.6 Å². The maximum absolute atomic E-state index is 12.7. The fourth-order valence-corrected chi connectivity index (χ4v) is 3.03. The van der Waals surface area contributed by atoms with Crippen LogP contribution in [0.25, 0.3) is 0 Å². The molecule has 0 N–H and O–H groups in total. The first kappa shape index (κ1) is 17.3. The zero-order chi connectivity index (χ0) is 17.8. The second-order valence-electron chi connectivity index (χ2n) is 6.17. The molecule has 0 atom stereocenters. The third kappa shape index (κ3) is 3.96. The number of hydrogen-bond acceptors (Lipinski definition) is 5. The van der Waals surface area contributed by atoms with E-state index < -0.39 is 0 Å². The highest BCUT2D eigenvalue weighted by molar-refractivity contribution is 5.99. The molecule has 3 amide bonds. The van der Waals surface area contributed by atoms with Crippen LogP contribution in [0, 0.1) is 0 Å². The number of carbonyl (C=O) groups excluding carboxylic acids is 3. The molecule has 3 rings (SSSR count). The Morgan fingerprint density at radius 3 is 1.84 bits per heavy atom. The molecule has 3 heterocycles. The van der Waals surface area contributed by atoms with Crippen LogP contribution in [0.2, 0.25) is 0 Å². The molecule has 8 nitrogen and oxygen atoms in total. The normalized spacial score (nSPS) is 18.2. The van der Waals surface area contributed by atoms with Crippen molar-refractivity contribution in [1.29, 1.82) is 0 Å². The number of pyridine rings is 1. The molecule has 0 radical (unpaired) electrons. The Labute approximate surface area is 146 Å². The molecule has 0 unspecified atom stereocenters. The number of nitrogens with zero attached hydrogens (tertiary/aromatic N) is 4. The lowest BCUT2D eigenvalue weighted by Gasteiger charge is -2.34. The molecule has 0 bridgehead atoms. The molecule has 0 spiro atoms. The standard InChI is InChI=1S/C17H22N4O4/c1-13(22)19-2-4-20(5-3-19)16(23)14-10-15(12-18-11-14)17(24)21-6-8-25-9-7-21/h10-12H,2-9H2,1H3. The Morgan fingerprint density at radius 2 is 1.32 bits per heavy atom. The van der Waals surface area contributed by atoms with Crippen LogP contribution in [-0.2, 0) is 9.53 Å². The van der Waals surface area contributed by atoms with Gasteiger partial charge in [0.15, 0.2) is 0 Å². The third-order valence-corrected chi connectivity index (χ3v) is 4.54. The molecule has 1 aromatic heterocycles. The van der Waals surface area contributed by atoms with Crippen molar-refractivity contribution < 1.29 is 19.1 Å². The van der Waals surface area contributed by atoms with Crippen molar-refractivity contribution in [3.8, 4) is 0 Å². The van der Waals surface area contributed by atoms with Crippen LogP contribution in [0.3, 0.4) is 0 Å². The van der Waals surface area contributed by atoms with Gasteiger partial charge in [0.1, 0.15) is 0 Å². The van der Waals surface area contributed by atoms with Crippen LogP contribution in [0.1, 0.15) is 27.6 Å². The van der Waals surface area contributed by atoms with Crippen molar-refractivity contribution in [3.63, 3.8) is 0 Å². The van der Waals surface area contributed by atoms with Gasteiger partial charge in [0.25, 0.3) is 11.8 Å². The summed E-state index contributed by atoms with van der Waals surface area (Å²) in [5, 5.41) is 0. The molecular formula is C17H22N4O4. The predicted molar refractivity (Wildman–Crippen MR) is 89.1 cm³/mol. The lowest BCUT2D eigenvalue weighted by Crippen LogP contribution is -2.50. The van der Waals surface area contributed by atoms with Crippen LogP contribution < -0.4 is 0 Å². The first-order valence-electron chi connectivity index (χ1n) is 8.43. The van der Waals surface area contributed by atoms with Gasteiger partial charge in [0.2, 0.25) is 5.91 Å². The highest BCUT2D eigenvalue weighted by atomic mass is 16.5. The monoisotopic (exact) mass is 346 g/mol. The van der Waals surface area contributed by atoms with E-state index in [4.69, 9.17) is 4.74 Å². The van der Waals surface area contributed by atoms with Gasteiger partial charge < -0.3 is 19.4 Å². The Morgan fingerprint density at radius 1 is 0.840 bits per heavy atom. The van der Waals surface area contributed by atoms with Gasteiger partial charge in [0.05, 0.1) is 24.3 Å². The molecule has 0 saturated carbocycles. The van der Waals surface area contributed by atoms with Crippen LogP contribution in [0.4, 0.5) is 0 Å². The summed E-state index contributed by atoms with van der Waals surface area (Å²) < 4.78 is 5.25.